The first kappa shape index (κ1) is 12.6. The Hall–Kier alpha value is -0.820. The minimum Gasteiger partial charge on any atom is -0.309 e. The lowest BCUT2D eigenvalue weighted by molar-refractivity contribution is 0.457. The van der Waals surface area contributed by atoms with Crippen LogP contribution in [-0.2, 0) is 6.54 Å². The van der Waals surface area contributed by atoms with Crippen LogP contribution in [0.15, 0.2) is 18.2 Å². The fraction of sp³-hybridized carbons (Fsp3) is 0.625. The van der Waals surface area contributed by atoms with Crippen LogP contribution in [0.4, 0.5) is 0 Å². The number of hydrogen-bond acceptors (Lipinski definition) is 1. The van der Waals surface area contributed by atoms with Gasteiger partial charge in [0.05, 0.1) is 0 Å². The van der Waals surface area contributed by atoms with Gasteiger partial charge in [-0.05, 0) is 35.8 Å². The van der Waals surface area contributed by atoms with Crippen LogP contribution in [0.1, 0.15) is 44.4 Å². The predicted molar refractivity (Wildman–Crippen MR) is 74.1 cm³/mol. The van der Waals surface area contributed by atoms with Crippen LogP contribution in [0, 0.1) is 24.7 Å². The number of hydrogen-bond donors (Lipinski definition) is 1. The van der Waals surface area contributed by atoms with Gasteiger partial charge < -0.3 is 5.32 Å². The molecule has 0 aromatic heterocycles. The summed E-state index contributed by atoms with van der Waals surface area (Å²) in [7, 11) is 0. The molecule has 0 bridgehead atoms. The molecule has 1 fully saturated rings. The van der Waals surface area contributed by atoms with Gasteiger partial charge >= 0.3 is 0 Å². The first-order valence-corrected chi connectivity index (χ1v) is 6.56. The van der Waals surface area contributed by atoms with E-state index < -0.39 is 0 Å². The average Bonchev–Trinajstić information content (AvgIpc) is 2.60. The minimum absolute atomic E-state index is 0.421. The highest BCUT2D eigenvalue weighted by molar-refractivity contribution is 5.31. The summed E-state index contributed by atoms with van der Waals surface area (Å²) in [5.74, 6) is 0. The van der Waals surface area contributed by atoms with Crippen molar-refractivity contribution in [3.05, 3.63) is 34.9 Å². The molecule has 0 amide bonds. The molecule has 0 radical (unpaired) electrons. The molecule has 0 atom stereocenters. The van der Waals surface area contributed by atoms with Crippen molar-refractivity contribution in [1.29, 1.82) is 0 Å². The van der Waals surface area contributed by atoms with E-state index in [0.717, 1.165) is 6.54 Å². The SMILES string of the molecule is Cc1ccc(C)c(CNC2C(C)(C)C2(C)C)c1. The molecule has 1 heteroatoms. The van der Waals surface area contributed by atoms with Gasteiger partial charge in [-0.25, -0.2) is 0 Å². The molecule has 1 nitrogen and oxygen atoms in total. The van der Waals surface area contributed by atoms with Crippen LogP contribution < -0.4 is 5.32 Å². The summed E-state index contributed by atoms with van der Waals surface area (Å²) in [4.78, 5) is 0. The molecule has 0 heterocycles. The Morgan fingerprint density at radius 1 is 1.06 bits per heavy atom. The quantitative estimate of drug-likeness (QED) is 0.833. The second kappa shape index (κ2) is 3.84. The summed E-state index contributed by atoms with van der Waals surface area (Å²) in [6.45, 7) is 14.8. The van der Waals surface area contributed by atoms with Gasteiger partial charge in [-0.15, -0.1) is 0 Å². The highest BCUT2D eigenvalue weighted by Gasteiger charge is 2.64. The van der Waals surface area contributed by atoms with Crippen molar-refractivity contribution in [2.45, 2.75) is 54.1 Å². The van der Waals surface area contributed by atoms with Crippen molar-refractivity contribution in [2.75, 3.05) is 0 Å². The molecule has 1 aromatic rings. The molecular weight excluding hydrogens is 206 g/mol. The van der Waals surface area contributed by atoms with Crippen LogP contribution >= 0.6 is 0 Å². The highest BCUT2D eigenvalue weighted by atomic mass is 15.0. The van der Waals surface area contributed by atoms with E-state index in [1.807, 2.05) is 0 Å². The standard InChI is InChI=1S/C16H25N/c1-11-7-8-12(2)13(9-11)10-17-14-15(3,4)16(14,5)6/h7-9,14,17H,10H2,1-6H3. The van der Waals surface area contributed by atoms with Gasteiger partial charge in [-0.1, -0.05) is 51.5 Å². The molecule has 1 N–H and O–H groups in total. The first-order valence-electron chi connectivity index (χ1n) is 6.56. The Morgan fingerprint density at radius 3 is 2.18 bits per heavy atom. The molecule has 94 valence electrons. The lowest BCUT2D eigenvalue weighted by atomic mass is 10.0. The van der Waals surface area contributed by atoms with Gasteiger partial charge in [0.2, 0.25) is 0 Å². The largest absolute Gasteiger partial charge is 0.309 e. The lowest BCUT2D eigenvalue weighted by Gasteiger charge is -2.10. The van der Waals surface area contributed by atoms with Crippen LogP contribution in [0.3, 0.4) is 0 Å². The molecule has 2 rings (SSSR count). The topological polar surface area (TPSA) is 12.0 Å². The molecule has 0 saturated heterocycles. The third kappa shape index (κ3) is 2.01. The smallest absolute Gasteiger partial charge is 0.0211 e. The van der Waals surface area contributed by atoms with Crippen molar-refractivity contribution < 1.29 is 0 Å². The van der Waals surface area contributed by atoms with Crippen LogP contribution in [-0.4, -0.2) is 6.04 Å². The lowest BCUT2D eigenvalue weighted by Crippen LogP contribution is -2.22. The van der Waals surface area contributed by atoms with E-state index in [1.54, 1.807) is 0 Å². The van der Waals surface area contributed by atoms with Gasteiger partial charge in [0, 0.05) is 12.6 Å². The van der Waals surface area contributed by atoms with Gasteiger partial charge in [0.25, 0.3) is 0 Å². The summed E-state index contributed by atoms with van der Waals surface area (Å²) in [6.07, 6.45) is 0. The number of benzene rings is 1. The van der Waals surface area contributed by atoms with E-state index in [-0.39, 0.29) is 0 Å². The summed E-state index contributed by atoms with van der Waals surface area (Å²) < 4.78 is 0. The number of aryl methyl sites for hydroxylation is 2. The van der Waals surface area contributed by atoms with Crippen molar-refractivity contribution in [1.82, 2.24) is 5.32 Å². The third-order valence-electron chi connectivity index (χ3n) is 5.02. The summed E-state index contributed by atoms with van der Waals surface area (Å²) in [6, 6.07) is 7.33. The molecular formula is C16H25N. The molecule has 1 saturated carbocycles. The monoisotopic (exact) mass is 231 g/mol. The van der Waals surface area contributed by atoms with E-state index in [0.29, 0.717) is 16.9 Å². The summed E-state index contributed by atoms with van der Waals surface area (Å²) in [5, 5.41) is 3.72. The number of nitrogens with one attached hydrogen (secondary N) is 1. The maximum Gasteiger partial charge on any atom is 0.0211 e. The van der Waals surface area contributed by atoms with Crippen molar-refractivity contribution in [3.8, 4) is 0 Å². The minimum atomic E-state index is 0.421. The van der Waals surface area contributed by atoms with Crippen LogP contribution in [0.2, 0.25) is 0 Å². The van der Waals surface area contributed by atoms with Crippen molar-refractivity contribution >= 4 is 0 Å². The molecule has 0 spiro atoms. The Labute approximate surface area is 106 Å². The molecule has 1 aromatic carbocycles. The Bertz CT molecular complexity index is 415. The predicted octanol–water partition coefficient (Wildman–Crippen LogP) is 3.83. The van der Waals surface area contributed by atoms with Crippen molar-refractivity contribution in [3.63, 3.8) is 0 Å². The fourth-order valence-electron chi connectivity index (χ4n) is 2.91. The van der Waals surface area contributed by atoms with E-state index in [9.17, 15) is 0 Å². The molecule has 0 unspecified atom stereocenters. The van der Waals surface area contributed by atoms with Crippen molar-refractivity contribution in [2.24, 2.45) is 10.8 Å². The zero-order valence-electron chi connectivity index (χ0n) is 12.0. The maximum atomic E-state index is 3.72. The summed E-state index contributed by atoms with van der Waals surface area (Å²) >= 11 is 0. The molecule has 17 heavy (non-hydrogen) atoms. The third-order valence-corrected chi connectivity index (χ3v) is 5.02. The van der Waals surface area contributed by atoms with E-state index in [2.05, 4.69) is 65.1 Å². The van der Waals surface area contributed by atoms with Crippen LogP contribution in [0.5, 0.6) is 0 Å². The normalized spacial score (nSPS) is 21.5. The molecule has 1 aliphatic rings. The fourth-order valence-corrected chi connectivity index (χ4v) is 2.91. The maximum absolute atomic E-state index is 3.72. The zero-order chi connectivity index (χ0) is 12.8. The first-order chi connectivity index (χ1) is 7.76. The van der Waals surface area contributed by atoms with Crippen LogP contribution in [0.25, 0.3) is 0 Å². The van der Waals surface area contributed by atoms with E-state index in [1.165, 1.54) is 16.7 Å². The van der Waals surface area contributed by atoms with Gasteiger partial charge in [-0.2, -0.15) is 0 Å². The number of rotatable bonds is 3. The highest BCUT2D eigenvalue weighted by Crippen LogP contribution is 2.62. The second-order valence-corrected chi connectivity index (χ2v) is 6.69. The van der Waals surface area contributed by atoms with Gasteiger partial charge in [-0.3, -0.25) is 0 Å². The average molecular weight is 231 g/mol. The second-order valence-electron chi connectivity index (χ2n) is 6.69. The molecule has 0 aliphatic heterocycles. The Morgan fingerprint density at radius 2 is 1.65 bits per heavy atom. The Balaban J connectivity index is 2.03. The van der Waals surface area contributed by atoms with E-state index >= 15 is 0 Å². The van der Waals surface area contributed by atoms with Gasteiger partial charge in [0.15, 0.2) is 0 Å². The summed E-state index contributed by atoms with van der Waals surface area (Å²) in [5.41, 5.74) is 5.01. The van der Waals surface area contributed by atoms with Gasteiger partial charge in [0.1, 0.15) is 0 Å². The Kier molecular flexibility index (Phi) is 2.86. The molecule has 1 aliphatic carbocycles. The zero-order valence-corrected chi connectivity index (χ0v) is 12.0. The van der Waals surface area contributed by atoms with E-state index in [4.69, 9.17) is 0 Å².